The van der Waals surface area contributed by atoms with Crippen molar-refractivity contribution in [1.29, 1.82) is 0 Å². The molecule has 0 aliphatic heterocycles. The summed E-state index contributed by atoms with van der Waals surface area (Å²) in [6.45, 7) is 0. The highest BCUT2D eigenvalue weighted by molar-refractivity contribution is 5.90. The van der Waals surface area contributed by atoms with Crippen LogP contribution in [-0.2, 0) is 17.6 Å². The third-order valence-electron chi connectivity index (χ3n) is 3.79. The molecule has 5 nitrogen and oxygen atoms in total. The normalized spacial score (nSPS) is 20.2. The number of ether oxygens (including phenoxy) is 1. The number of carbonyl (C=O) groups is 1. The van der Waals surface area contributed by atoms with E-state index in [2.05, 4.69) is 0 Å². The number of aliphatic hydroxyl groups is 1. The van der Waals surface area contributed by atoms with E-state index in [0.717, 1.165) is 17.2 Å². The second-order valence-electron chi connectivity index (χ2n) is 5.43. The van der Waals surface area contributed by atoms with E-state index in [1.54, 1.807) is 0 Å². The molecule has 3 N–H and O–H groups in total. The lowest BCUT2D eigenvalue weighted by molar-refractivity contribution is -0.0216. The fraction of sp³-hybridized carbons (Fsp3) is 0.235. The van der Waals surface area contributed by atoms with Crippen molar-refractivity contribution in [2.75, 3.05) is 0 Å². The van der Waals surface area contributed by atoms with Gasteiger partial charge in [0.2, 0.25) is 0 Å². The van der Waals surface area contributed by atoms with Gasteiger partial charge in [-0.05, 0) is 23.3 Å². The number of phenolic OH excluding ortho intramolecular Hbond substituents is 2. The summed E-state index contributed by atoms with van der Waals surface area (Å²) in [5.41, 5.74) is 2.14. The smallest absolute Gasteiger partial charge is 0.338 e. The number of esters is 1. The molecule has 0 radical (unpaired) electrons. The van der Waals surface area contributed by atoms with Crippen LogP contribution in [0.1, 0.15) is 21.5 Å². The van der Waals surface area contributed by atoms with E-state index < -0.39 is 18.2 Å². The van der Waals surface area contributed by atoms with Crippen LogP contribution in [-0.4, -0.2) is 33.5 Å². The largest absolute Gasteiger partial charge is 0.508 e. The number of hydrogen-bond acceptors (Lipinski definition) is 5. The molecule has 1 aliphatic rings. The maximum absolute atomic E-state index is 12.1. The molecule has 0 unspecified atom stereocenters. The van der Waals surface area contributed by atoms with Crippen LogP contribution in [0.5, 0.6) is 11.5 Å². The number of hydrogen-bond donors (Lipinski definition) is 3. The van der Waals surface area contributed by atoms with Crippen LogP contribution < -0.4 is 0 Å². The van der Waals surface area contributed by atoms with Crippen LogP contribution in [0.2, 0.25) is 0 Å². The molecule has 0 heterocycles. The van der Waals surface area contributed by atoms with E-state index in [9.17, 15) is 20.1 Å². The third kappa shape index (κ3) is 2.89. The minimum Gasteiger partial charge on any atom is -0.508 e. The summed E-state index contributed by atoms with van der Waals surface area (Å²) in [7, 11) is 0. The SMILES string of the molecule is O=C(O[C@H]1Cc2ccccc2C[C@H]1O)c1cc(O)cc(O)c1. The van der Waals surface area contributed by atoms with Crippen molar-refractivity contribution in [3.63, 3.8) is 0 Å². The lowest BCUT2D eigenvalue weighted by atomic mass is 9.88. The van der Waals surface area contributed by atoms with E-state index in [-0.39, 0.29) is 17.1 Å². The summed E-state index contributed by atoms with van der Waals surface area (Å²) in [4.78, 5) is 12.1. The quantitative estimate of drug-likeness (QED) is 0.736. The predicted octanol–water partition coefficient (Wildman–Crippen LogP) is 1.78. The van der Waals surface area contributed by atoms with Gasteiger partial charge in [-0.2, -0.15) is 0 Å². The van der Waals surface area contributed by atoms with Gasteiger partial charge in [-0.25, -0.2) is 4.79 Å². The van der Waals surface area contributed by atoms with E-state index in [4.69, 9.17) is 4.74 Å². The molecule has 22 heavy (non-hydrogen) atoms. The average Bonchev–Trinajstić information content (AvgIpc) is 2.47. The van der Waals surface area contributed by atoms with Gasteiger partial charge in [-0.3, -0.25) is 0 Å². The minimum atomic E-state index is -0.773. The Morgan fingerprint density at radius 1 is 1.00 bits per heavy atom. The van der Waals surface area contributed by atoms with E-state index >= 15 is 0 Å². The highest BCUT2D eigenvalue weighted by Crippen LogP contribution is 2.26. The summed E-state index contributed by atoms with van der Waals surface area (Å²) in [6, 6.07) is 11.3. The van der Waals surface area contributed by atoms with E-state index in [0.29, 0.717) is 12.8 Å². The number of phenols is 2. The summed E-state index contributed by atoms with van der Waals surface area (Å²) in [6.07, 6.45) is -0.551. The molecule has 2 atom stereocenters. The zero-order valence-electron chi connectivity index (χ0n) is 11.8. The van der Waals surface area contributed by atoms with Gasteiger partial charge in [-0.15, -0.1) is 0 Å². The summed E-state index contributed by atoms with van der Waals surface area (Å²) in [5, 5.41) is 29.0. The Hall–Kier alpha value is -2.53. The monoisotopic (exact) mass is 300 g/mol. The Labute approximate surface area is 127 Å². The third-order valence-corrected chi connectivity index (χ3v) is 3.79. The number of carbonyl (C=O) groups excluding carboxylic acids is 1. The number of aliphatic hydroxyl groups excluding tert-OH is 1. The molecule has 5 heteroatoms. The van der Waals surface area contributed by atoms with Gasteiger partial charge < -0.3 is 20.1 Å². The first-order valence-corrected chi connectivity index (χ1v) is 7.02. The number of fused-ring (bicyclic) bond motifs is 1. The molecule has 0 aromatic heterocycles. The standard InChI is InChI=1S/C17H16O5/c18-13-5-12(6-14(19)9-13)17(21)22-16-8-11-4-2-1-3-10(11)7-15(16)20/h1-6,9,15-16,18-20H,7-8H2/t15-,16+/m1/s1. The van der Waals surface area contributed by atoms with Crippen molar-refractivity contribution in [2.24, 2.45) is 0 Å². The lowest BCUT2D eigenvalue weighted by Crippen LogP contribution is -2.38. The van der Waals surface area contributed by atoms with Gasteiger partial charge in [0, 0.05) is 18.9 Å². The van der Waals surface area contributed by atoms with Crippen molar-refractivity contribution in [2.45, 2.75) is 25.0 Å². The number of benzene rings is 2. The van der Waals surface area contributed by atoms with E-state index in [1.165, 1.54) is 12.1 Å². The highest BCUT2D eigenvalue weighted by atomic mass is 16.6. The van der Waals surface area contributed by atoms with Gasteiger partial charge in [0.15, 0.2) is 0 Å². The van der Waals surface area contributed by atoms with Crippen LogP contribution in [0.4, 0.5) is 0 Å². The number of rotatable bonds is 2. The molecular formula is C17H16O5. The summed E-state index contributed by atoms with van der Waals surface area (Å²) < 4.78 is 5.35. The summed E-state index contributed by atoms with van der Waals surface area (Å²) >= 11 is 0. The molecule has 114 valence electrons. The van der Waals surface area contributed by atoms with Crippen LogP contribution in [0.15, 0.2) is 42.5 Å². The molecule has 0 saturated heterocycles. The predicted molar refractivity (Wildman–Crippen MR) is 78.8 cm³/mol. The molecule has 0 bridgehead atoms. The fourth-order valence-electron chi connectivity index (χ4n) is 2.70. The molecule has 0 amide bonds. The van der Waals surface area contributed by atoms with Gasteiger partial charge in [0.25, 0.3) is 0 Å². The molecule has 2 aromatic carbocycles. The Kier molecular flexibility index (Phi) is 3.73. The maximum Gasteiger partial charge on any atom is 0.338 e. The van der Waals surface area contributed by atoms with Crippen molar-refractivity contribution in [3.05, 3.63) is 59.2 Å². The molecule has 3 rings (SSSR count). The molecule has 0 fully saturated rings. The second-order valence-corrected chi connectivity index (χ2v) is 5.43. The molecule has 1 aliphatic carbocycles. The Bertz CT molecular complexity index is 690. The maximum atomic E-state index is 12.1. The lowest BCUT2D eigenvalue weighted by Gasteiger charge is -2.29. The molecular weight excluding hydrogens is 284 g/mol. The van der Waals surface area contributed by atoms with Crippen molar-refractivity contribution in [1.82, 2.24) is 0 Å². The van der Waals surface area contributed by atoms with Gasteiger partial charge in [0.1, 0.15) is 17.6 Å². The Morgan fingerprint density at radius 2 is 1.59 bits per heavy atom. The average molecular weight is 300 g/mol. The van der Waals surface area contributed by atoms with Crippen molar-refractivity contribution in [3.8, 4) is 11.5 Å². The van der Waals surface area contributed by atoms with Crippen molar-refractivity contribution < 1.29 is 24.9 Å². The van der Waals surface area contributed by atoms with Gasteiger partial charge >= 0.3 is 5.97 Å². The molecule has 0 spiro atoms. The van der Waals surface area contributed by atoms with Crippen LogP contribution >= 0.6 is 0 Å². The Morgan fingerprint density at radius 3 is 2.23 bits per heavy atom. The first kappa shape index (κ1) is 14.4. The molecule has 2 aromatic rings. The first-order valence-electron chi connectivity index (χ1n) is 7.02. The highest BCUT2D eigenvalue weighted by Gasteiger charge is 2.30. The topological polar surface area (TPSA) is 87.0 Å². The second kappa shape index (κ2) is 5.69. The molecule has 0 saturated carbocycles. The van der Waals surface area contributed by atoms with Crippen LogP contribution in [0.25, 0.3) is 0 Å². The van der Waals surface area contributed by atoms with Crippen LogP contribution in [0, 0.1) is 0 Å². The van der Waals surface area contributed by atoms with Crippen molar-refractivity contribution >= 4 is 5.97 Å². The minimum absolute atomic E-state index is 0.0450. The van der Waals surface area contributed by atoms with E-state index in [1.807, 2.05) is 24.3 Å². The van der Waals surface area contributed by atoms with Gasteiger partial charge in [0.05, 0.1) is 11.7 Å². The zero-order chi connectivity index (χ0) is 15.7. The fourth-order valence-corrected chi connectivity index (χ4v) is 2.70. The summed E-state index contributed by atoms with van der Waals surface area (Å²) in [5.74, 6) is -1.13. The zero-order valence-corrected chi connectivity index (χ0v) is 11.8. The number of aromatic hydroxyl groups is 2. The first-order chi connectivity index (χ1) is 10.5. The van der Waals surface area contributed by atoms with Crippen LogP contribution in [0.3, 0.4) is 0 Å². The Balaban J connectivity index is 1.77. The van der Waals surface area contributed by atoms with Gasteiger partial charge in [-0.1, -0.05) is 24.3 Å².